The molecule has 0 radical (unpaired) electrons. The number of rotatable bonds is 4. The fourth-order valence-electron chi connectivity index (χ4n) is 4.10. The van der Waals surface area contributed by atoms with E-state index in [0.717, 1.165) is 49.8 Å². The number of hydrogen-bond acceptors (Lipinski definition) is 5. The third kappa shape index (κ3) is 4.41. The molecule has 4 rings (SSSR count). The number of anilines is 1. The molecule has 1 aromatic carbocycles. The minimum absolute atomic E-state index is 0.113. The quantitative estimate of drug-likeness (QED) is 0.812. The Kier molecular flexibility index (Phi) is 5.79. The lowest BCUT2D eigenvalue weighted by molar-refractivity contribution is -0.126. The van der Waals surface area contributed by atoms with E-state index < -0.39 is 5.41 Å². The van der Waals surface area contributed by atoms with Crippen LogP contribution >= 0.6 is 0 Å². The highest BCUT2D eigenvalue weighted by atomic mass is 16.5. The minimum atomic E-state index is -0.470. The van der Waals surface area contributed by atoms with Gasteiger partial charge in [0.2, 0.25) is 0 Å². The van der Waals surface area contributed by atoms with Crippen LogP contribution in [0.15, 0.2) is 54.1 Å². The number of aromatic nitrogens is 1. The maximum absolute atomic E-state index is 13.3. The van der Waals surface area contributed by atoms with Gasteiger partial charge in [0.25, 0.3) is 0 Å². The standard InChI is InChI=1S/C24H29N3O2/c1-24(2)21(15-18-7-4-3-5-8-18)25-17-19(23(24)28)16-20-9-6-10-22(26-20)27-11-13-29-14-12-27/h3-10,16,21,25H,11-15,17H2,1-2H3. The molecule has 1 N–H and O–H groups in total. The summed E-state index contributed by atoms with van der Waals surface area (Å²) in [5, 5.41) is 3.59. The lowest BCUT2D eigenvalue weighted by atomic mass is 9.72. The minimum Gasteiger partial charge on any atom is -0.378 e. The van der Waals surface area contributed by atoms with Crippen LogP contribution in [0.5, 0.6) is 0 Å². The van der Waals surface area contributed by atoms with Gasteiger partial charge in [-0.05, 0) is 30.2 Å². The van der Waals surface area contributed by atoms with Crippen molar-refractivity contribution in [3.8, 4) is 0 Å². The molecule has 3 heterocycles. The van der Waals surface area contributed by atoms with E-state index in [1.54, 1.807) is 0 Å². The van der Waals surface area contributed by atoms with Gasteiger partial charge in [0.05, 0.1) is 18.9 Å². The number of carbonyl (C=O) groups excluding carboxylic acids is 1. The first-order valence-corrected chi connectivity index (χ1v) is 10.4. The van der Waals surface area contributed by atoms with Crippen molar-refractivity contribution in [2.75, 3.05) is 37.7 Å². The van der Waals surface area contributed by atoms with E-state index in [9.17, 15) is 4.79 Å². The van der Waals surface area contributed by atoms with Crippen LogP contribution in [-0.4, -0.2) is 49.7 Å². The number of ketones is 1. The van der Waals surface area contributed by atoms with Gasteiger partial charge in [-0.25, -0.2) is 4.98 Å². The molecule has 1 aromatic heterocycles. The van der Waals surface area contributed by atoms with E-state index in [1.807, 2.05) is 56.3 Å². The molecule has 0 spiro atoms. The van der Waals surface area contributed by atoms with Gasteiger partial charge in [0.1, 0.15) is 5.82 Å². The van der Waals surface area contributed by atoms with Crippen molar-refractivity contribution in [1.82, 2.24) is 10.3 Å². The predicted molar refractivity (Wildman–Crippen MR) is 116 cm³/mol. The lowest BCUT2D eigenvalue weighted by Crippen LogP contribution is -2.54. The Bertz CT molecular complexity index is 886. The lowest BCUT2D eigenvalue weighted by Gasteiger charge is -2.39. The summed E-state index contributed by atoms with van der Waals surface area (Å²) in [6.07, 6.45) is 2.79. The van der Waals surface area contributed by atoms with E-state index in [4.69, 9.17) is 9.72 Å². The second-order valence-corrected chi connectivity index (χ2v) is 8.36. The summed E-state index contributed by atoms with van der Waals surface area (Å²) < 4.78 is 5.43. The zero-order valence-corrected chi connectivity index (χ0v) is 17.2. The molecule has 2 saturated heterocycles. The Morgan fingerprint density at radius 1 is 1.14 bits per heavy atom. The van der Waals surface area contributed by atoms with Crippen LogP contribution in [0.1, 0.15) is 25.1 Å². The Morgan fingerprint density at radius 2 is 1.90 bits per heavy atom. The zero-order valence-electron chi connectivity index (χ0n) is 17.2. The summed E-state index contributed by atoms with van der Waals surface area (Å²) >= 11 is 0. The molecule has 2 aliphatic rings. The van der Waals surface area contributed by atoms with Crippen LogP contribution in [0.25, 0.3) is 6.08 Å². The maximum Gasteiger partial charge on any atom is 0.167 e. The van der Waals surface area contributed by atoms with Crippen LogP contribution in [0, 0.1) is 5.41 Å². The fourth-order valence-corrected chi connectivity index (χ4v) is 4.10. The van der Waals surface area contributed by atoms with E-state index in [-0.39, 0.29) is 11.8 Å². The highest BCUT2D eigenvalue weighted by Crippen LogP contribution is 2.32. The number of Topliss-reactive ketones (excluding diaryl/α,β-unsaturated/α-hetero) is 1. The highest BCUT2D eigenvalue weighted by molar-refractivity contribution is 6.04. The first-order chi connectivity index (χ1) is 14.0. The van der Waals surface area contributed by atoms with Gasteiger partial charge in [0.15, 0.2) is 5.78 Å². The van der Waals surface area contributed by atoms with Crippen molar-refractivity contribution < 1.29 is 9.53 Å². The van der Waals surface area contributed by atoms with Crippen molar-refractivity contribution in [3.05, 3.63) is 65.4 Å². The van der Waals surface area contributed by atoms with E-state index in [2.05, 4.69) is 22.3 Å². The molecule has 1 atom stereocenters. The molecular formula is C24H29N3O2. The molecule has 0 saturated carbocycles. The van der Waals surface area contributed by atoms with Crippen LogP contribution in [-0.2, 0) is 16.0 Å². The average Bonchev–Trinajstić information content (AvgIpc) is 2.75. The van der Waals surface area contributed by atoms with Gasteiger partial charge in [0, 0.05) is 36.7 Å². The van der Waals surface area contributed by atoms with Gasteiger partial charge >= 0.3 is 0 Å². The third-order valence-corrected chi connectivity index (χ3v) is 5.98. The number of hydrogen-bond donors (Lipinski definition) is 1. The number of morpholine rings is 1. The predicted octanol–water partition coefficient (Wildman–Crippen LogP) is 3.11. The summed E-state index contributed by atoms with van der Waals surface area (Å²) in [5.74, 6) is 1.15. The Morgan fingerprint density at radius 3 is 2.66 bits per heavy atom. The average molecular weight is 392 g/mol. The Balaban J connectivity index is 1.51. The summed E-state index contributed by atoms with van der Waals surface area (Å²) in [6, 6.07) is 16.5. The van der Waals surface area contributed by atoms with Gasteiger partial charge in [-0.1, -0.05) is 50.2 Å². The molecule has 1 unspecified atom stereocenters. The Hall–Kier alpha value is -2.50. The molecule has 0 amide bonds. The number of ether oxygens (including phenoxy) is 1. The summed E-state index contributed by atoms with van der Waals surface area (Å²) in [4.78, 5) is 20.3. The van der Waals surface area contributed by atoms with Gasteiger partial charge < -0.3 is 15.0 Å². The van der Waals surface area contributed by atoms with Crippen LogP contribution in [0.3, 0.4) is 0 Å². The second-order valence-electron chi connectivity index (χ2n) is 8.36. The zero-order chi connectivity index (χ0) is 20.3. The van der Waals surface area contributed by atoms with Crippen LogP contribution < -0.4 is 10.2 Å². The van der Waals surface area contributed by atoms with Crippen molar-refractivity contribution in [2.24, 2.45) is 5.41 Å². The number of nitrogens with zero attached hydrogens (tertiary/aromatic N) is 2. The molecule has 0 aliphatic carbocycles. The van der Waals surface area contributed by atoms with Gasteiger partial charge in [-0.15, -0.1) is 0 Å². The SMILES string of the molecule is CC1(C)C(=O)C(=Cc2cccc(N3CCOCC3)n2)CNC1Cc1ccccc1. The normalized spacial score (nSPS) is 23.4. The molecular weight excluding hydrogens is 362 g/mol. The van der Waals surface area contributed by atoms with E-state index in [1.165, 1.54) is 5.56 Å². The Labute approximate surface area is 172 Å². The fraction of sp³-hybridized carbons (Fsp3) is 0.417. The second kappa shape index (κ2) is 8.47. The number of piperidine rings is 1. The van der Waals surface area contributed by atoms with E-state index >= 15 is 0 Å². The first-order valence-electron chi connectivity index (χ1n) is 10.4. The number of benzene rings is 1. The molecule has 29 heavy (non-hydrogen) atoms. The topological polar surface area (TPSA) is 54.5 Å². The van der Waals surface area contributed by atoms with Crippen LogP contribution in [0.4, 0.5) is 5.82 Å². The molecule has 0 bridgehead atoms. The molecule has 2 aromatic rings. The van der Waals surface area contributed by atoms with Crippen molar-refractivity contribution in [3.63, 3.8) is 0 Å². The van der Waals surface area contributed by atoms with Crippen molar-refractivity contribution >= 4 is 17.7 Å². The van der Waals surface area contributed by atoms with Gasteiger partial charge in [-0.2, -0.15) is 0 Å². The number of carbonyl (C=O) groups is 1. The van der Waals surface area contributed by atoms with Crippen LogP contribution in [0.2, 0.25) is 0 Å². The molecule has 152 valence electrons. The smallest absolute Gasteiger partial charge is 0.167 e. The van der Waals surface area contributed by atoms with Gasteiger partial charge in [-0.3, -0.25) is 4.79 Å². The first kappa shape index (κ1) is 19.8. The van der Waals surface area contributed by atoms with Crippen molar-refractivity contribution in [1.29, 1.82) is 0 Å². The molecule has 2 fully saturated rings. The summed E-state index contributed by atoms with van der Waals surface area (Å²) in [5.41, 5.74) is 2.41. The molecule has 2 aliphatic heterocycles. The van der Waals surface area contributed by atoms with Crippen molar-refractivity contribution in [2.45, 2.75) is 26.3 Å². The third-order valence-electron chi connectivity index (χ3n) is 5.98. The summed E-state index contributed by atoms with van der Waals surface area (Å²) in [6.45, 7) is 7.81. The number of pyridine rings is 1. The monoisotopic (exact) mass is 391 g/mol. The largest absolute Gasteiger partial charge is 0.378 e. The molecule has 5 nitrogen and oxygen atoms in total. The molecule has 5 heteroatoms. The maximum atomic E-state index is 13.3. The number of nitrogens with one attached hydrogen (secondary N) is 1. The van der Waals surface area contributed by atoms with E-state index in [0.29, 0.717) is 6.54 Å². The summed E-state index contributed by atoms with van der Waals surface area (Å²) in [7, 11) is 0. The highest BCUT2D eigenvalue weighted by Gasteiger charge is 2.41.